The van der Waals surface area contributed by atoms with Gasteiger partial charge in [-0.05, 0) is 12.1 Å². The van der Waals surface area contributed by atoms with Crippen LogP contribution in [0.5, 0.6) is 0 Å². The summed E-state index contributed by atoms with van der Waals surface area (Å²) in [4.78, 5) is 0.158. The zero-order valence-corrected chi connectivity index (χ0v) is 11.9. The van der Waals surface area contributed by atoms with E-state index in [2.05, 4.69) is 0 Å². The van der Waals surface area contributed by atoms with E-state index in [9.17, 15) is 8.42 Å². The molecule has 0 amide bonds. The summed E-state index contributed by atoms with van der Waals surface area (Å²) >= 11 is 10.7. The van der Waals surface area contributed by atoms with Gasteiger partial charge >= 0.3 is 0 Å². The lowest BCUT2D eigenvalue weighted by molar-refractivity contribution is 0.486. The van der Waals surface area contributed by atoms with Crippen molar-refractivity contribution in [2.75, 3.05) is 13.6 Å². The van der Waals surface area contributed by atoms with E-state index < -0.39 is 10.0 Å². The number of nitrogens with two attached hydrogens (primary N) is 1. The van der Waals surface area contributed by atoms with Gasteiger partial charge in [0.1, 0.15) is 9.88 Å². The Kier molecular flexibility index (Phi) is 4.48. The number of nitrogens with zero attached hydrogens (tertiary/aromatic N) is 1. The van der Waals surface area contributed by atoms with E-state index in [0.29, 0.717) is 12.1 Å². The van der Waals surface area contributed by atoms with E-state index in [-0.39, 0.29) is 14.9 Å². The third-order valence-corrected chi connectivity index (χ3v) is 5.00. The van der Waals surface area contributed by atoms with Gasteiger partial charge in [-0.3, -0.25) is 0 Å². The van der Waals surface area contributed by atoms with Crippen molar-refractivity contribution in [3.63, 3.8) is 0 Å². The molecule has 94 valence electrons. The van der Waals surface area contributed by atoms with Gasteiger partial charge in [0.05, 0.1) is 5.02 Å². The summed E-state index contributed by atoms with van der Waals surface area (Å²) in [6.45, 7) is 2.10. The molecule has 0 atom stereocenters. The van der Waals surface area contributed by atoms with E-state index >= 15 is 0 Å². The number of hydrogen-bond donors (Lipinski definition) is 1. The van der Waals surface area contributed by atoms with Crippen molar-refractivity contribution in [3.05, 3.63) is 28.8 Å². The Morgan fingerprint density at radius 1 is 1.53 bits per heavy atom. The number of sulfonamides is 1. The van der Waals surface area contributed by atoms with Gasteiger partial charge in [-0.1, -0.05) is 36.8 Å². The highest BCUT2D eigenvalue weighted by Crippen LogP contribution is 2.25. The number of thiocarbonyl (C=S) groups is 1. The molecular weight excluding hydrogens is 280 g/mol. The monoisotopic (exact) mass is 292 g/mol. The zero-order valence-electron chi connectivity index (χ0n) is 9.47. The van der Waals surface area contributed by atoms with Crippen molar-refractivity contribution in [1.82, 2.24) is 4.31 Å². The van der Waals surface area contributed by atoms with Gasteiger partial charge in [0.25, 0.3) is 0 Å². The van der Waals surface area contributed by atoms with Crippen LogP contribution in [0.1, 0.15) is 12.5 Å². The fraction of sp³-hybridized carbons (Fsp3) is 0.300. The van der Waals surface area contributed by atoms with Crippen molar-refractivity contribution in [2.45, 2.75) is 11.8 Å². The van der Waals surface area contributed by atoms with Crippen LogP contribution in [0, 0.1) is 0 Å². The third-order valence-electron chi connectivity index (χ3n) is 2.35. The summed E-state index contributed by atoms with van der Waals surface area (Å²) in [5, 5.41) is 0.158. The average Bonchev–Trinajstić information content (AvgIpc) is 2.27. The zero-order chi connectivity index (χ0) is 13.2. The van der Waals surface area contributed by atoms with Gasteiger partial charge in [-0.2, -0.15) is 0 Å². The Balaban J connectivity index is 3.40. The van der Waals surface area contributed by atoms with E-state index in [4.69, 9.17) is 29.6 Å². The smallest absolute Gasteiger partial charge is 0.244 e. The minimum Gasteiger partial charge on any atom is -0.389 e. The molecule has 7 heteroatoms. The minimum atomic E-state index is -3.59. The lowest BCUT2D eigenvalue weighted by atomic mass is 10.2. The van der Waals surface area contributed by atoms with Gasteiger partial charge in [-0.25, -0.2) is 12.7 Å². The highest BCUT2D eigenvalue weighted by atomic mass is 35.5. The molecular formula is C10H13ClN2O2S2. The van der Waals surface area contributed by atoms with E-state index in [1.165, 1.54) is 23.5 Å². The topological polar surface area (TPSA) is 63.4 Å². The molecule has 0 aromatic heterocycles. The summed E-state index contributed by atoms with van der Waals surface area (Å²) in [5.74, 6) is 0. The SMILES string of the molecule is CCN(C)S(=O)(=O)c1cc(C(N)=S)ccc1Cl. The standard InChI is InChI=1S/C10H13ClN2O2S2/c1-3-13(2)17(14,15)9-6-7(10(12)16)4-5-8(9)11/h4-6H,3H2,1-2H3,(H2,12,16). The molecule has 0 radical (unpaired) electrons. The Bertz CT molecular complexity index is 543. The van der Waals surface area contributed by atoms with Crippen molar-refractivity contribution in [1.29, 1.82) is 0 Å². The molecule has 17 heavy (non-hydrogen) atoms. The third kappa shape index (κ3) is 2.95. The van der Waals surface area contributed by atoms with Crippen LogP contribution in [-0.4, -0.2) is 31.3 Å². The Morgan fingerprint density at radius 2 is 2.12 bits per heavy atom. The molecule has 1 rings (SSSR count). The van der Waals surface area contributed by atoms with Gasteiger partial charge < -0.3 is 5.73 Å². The Labute approximate surface area is 111 Å². The van der Waals surface area contributed by atoms with Crippen LogP contribution >= 0.6 is 23.8 Å². The van der Waals surface area contributed by atoms with Crippen LogP contribution in [-0.2, 0) is 10.0 Å². The summed E-state index contributed by atoms with van der Waals surface area (Å²) in [7, 11) is -2.10. The fourth-order valence-electron chi connectivity index (χ4n) is 1.19. The highest BCUT2D eigenvalue weighted by Gasteiger charge is 2.22. The number of rotatable bonds is 4. The molecule has 0 aliphatic heterocycles. The van der Waals surface area contributed by atoms with E-state index in [1.807, 2.05) is 0 Å². The summed E-state index contributed by atoms with van der Waals surface area (Å²) in [6.07, 6.45) is 0. The Hall–Kier alpha value is -0.690. The lowest BCUT2D eigenvalue weighted by Crippen LogP contribution is -2.27. The van der Waals surface area contributed by atoms with Crippen molar-refractivity contribution < 1.29 is 8.42 Å². The second-order valence-electron chi connectivity index (χ2n) is 3.43. The van der Waals surface area contributed by atoms with Crippen LogP contribution in [0.4, 0.5) is 0 Å². The lowest BCUT2D eigenvalue weighted by Gasteiger charge is -2.16. The van der Waals surface area contributed by atoms with E-state index in [1.54, 1.807) is 13.0 Å². The minimum absolute atomic E-state index is 0.0221. The molecule has 0 fully saturated rings. The van der Waals surface area contributed by atoms with Gasteiger partial charge in [0.15, 0.2) is 0 Å². The van der Waals surface area contributed by atoms with Crippen LogP contribution in [0.2, 0.25) is 5.02 Å². The Morgan fingerprint density at radius 3 is 2.59 bits per heavy atom. The van der Waals surface area contributed by atoms with E-state index in [0.717, 1.165) is 0 Å². The molecule has 0 spiro atoms. The van der Waals surface area contributed by atoms with Crippen molar-refractivity contribution in [2.24, 2.45) is 5.73 Å². The maximum atomic E-state index is 12.1. The first-order chi connectivity index (χ1) is 7.80. The quantitative estimate of drug-likeness (QED) is 0.857. The second kappa shape index (κ2) is 5.30. The number of hydrogen-bond acceptors (Lipinski definition) is 3. The van der Waals surface area contributed by atoms with Crippen molar-refractivity contribution in [3.8, 4) is 0 Å². The van der Waals surface area contributed by atoms with Gasteiger partial charge in [0, 0.05) is 19.2 Å². The normalized spacial score (nSPS) is 11.8. The van der Waals surface area contributed by atoms with Crippen molar-refractivity contribution >= 4 is 38.8 Å². The molecule has 2 N–H and O–H groups in total. The van der Waals surface area contributed by atoms with Gasteiger partial charge in [-0.15, -0.1) is 0 Å². The summed E-state index contributed by atoms with van der Waals surface area (Å²) in [5.41, 5.74) is 5.94. The van der Waals surface area contributed by atoms with Crippen LogP contribution in [0.15, 0.2) is 23.1 Å². The molecule has 1 aromatic rings. The molecule has 0 aliphatic rings. The molecule has 4 nitrogen and oxygen atoms in total. The average molecular weight is 293 g/mol. The molecule has 0 bridgehead atoms. The maximum absolute atomic E-state index is 12.1. The highest BCUT2D eigenvalue weighted by molar-refractivity contribution is 7.89. The second-order valence-corrected chi connectivity index (χ2v) is 6.29. The predicted octanol–water partition coefficient (Wildman–Crippen LogP) is 1.61. The molecule has 0 heterocycles. The molecule has 0 unspecified atom stereocenters. The largest absolute Gasteiger partial charge is 0.389 e. The molecule has 0 aliphatic carbocycles. The number of halogens is 1. The van der Waals surface area contributed by atoms with Crippen LogP contribution in [0.3, 0.4) is 0 Å². The predicted molar refractivity (Wildman–Crippen MR) is 72.8 cm³/mol. The first-order valence-electron chi connectivity index (χ1n) is 4.86. The first kappa shape index (κ1) is 14.4. The summed E-state index contributed by atoms with van der Waals surface area (Å²) in [6, 6.07) is 4.47. The fourth-order valence-corrected chi connectivity index (χ4v) is 3.00. The molecule has 0 saturated heterocycles. The maximum Gasteiger partial charge on any atom is 0.244 e. The van der Waals surface area contributed by atoms with Crippen LogP contribution in [0.25, 0.3) is 0 Å². The first-order valence-corrected chi connectivity index (χ1v) is 7.09. The van der Waals surface area contributed by atoms with Gasteiger partial charge in [0.2, 0.25) is 10.0 Å². The van der Waals surface area contributed by atoms with Crippen LogP contribution < -0.4 is 5.73 Å². The molecule has 1 aromatic carbocycles. The molecule has 0 saturated carbocycles. The summed E-state index contributed by atoms with van der Waals surface area (Å²) < 4.78 is 25.4. The number of benzene rings is 1.